The number of rotatable bonds is 1. The first-order valence-electron chi connectivity index (χ1n) is 6.65. The van der Waals surface area contributed by atoms with Crippen LogP contribution in [0, 0.1) is 12.3 Å². The zero-order valence-corrected chi connectivity index (χ0v) is 11.4. The number of fused-ring (bicyclic) bond motifs is 1. The molecule has 0 atom stereocenters. The molecule has 0 saturated heterocycles. The molecule has 0 unspecified atom stereocenters. The second-order valence-corrected chi connectivity index (χ2v) is 7.51. The van der Waals surface area contributed by atoms with Crippen LogP contribution in [0.4, 0.5) is 0 Å². The Hall–Kier alpha value is -0.521. The van der Waals surface area contributed by atoms with Crippen LogP contribution in [0.5, 0.6) is 0 Å². The Kier molecular flexibility index (Phi) is 1.96. The molecule has 0 amide bonds. The predicted molar refractivity (Wildman–Crippen MR) is 68.8 cm³/mol. The van der Waals surface area contributed by atoms with Gasteiger partial charge in [-0.05, 0) is 0 Å². The maximum atomic E-state index is 8.29. The van der Waals surface area contributed by atoms with Gasteiger partial charge in [0.15, 0.2) is 0 Å². The van der Waals surface area contributed by atoms with E-state index in [-0.39, 0.29) is 14.5 Å². The molecule has 0 fully saturated rings. The molecule has 0 N–H and O–H groups in total. The number of hydrogen-bond acceptors (Lipinski definition) is 0. The Labute approximate surface area is 102 Å². The molecule has 1 aromatic heterocycles. The summed E-state index contributed by atoms with van der Waals surface area (Å²) in [5, 5.41) is 0.929. The van der Waals surface area contributed by atoms with E-state index in [1.165, 1.54) is 4.26 Å². The third-order valence-corrected chi connectivity index (χ3v) is 4.14. The molecule has 0 nitrogen and oxygen atoms in total. The van der Waals surface area contributed by atoms with Gasteiger partial charge in [0.25, 0.3) is 0 Å². The van der Waals surface area contributed by atoms with Gasteiger partial charge in [0.1, 0.15) is 0 Å². The summed E-state index contributed by atoms with van der Waals surface area (Å²) in [5.41, 5.74) is 0.232. The Morgan fingerprint density at radius 3 is 2.80 bits per heavy atom. The molecule has 0 spiro atoms. The zero-order chi connectivity index (χ0) is 13.7. The molecule has 80 valence electrons. The van der Waals surface area contributed by atoms with Gasteiger partial charge < -0.3 is 0 Å². The van der Waals surface area contributed by atoms with Crippen molar-refractivity contribution in [2.75, 3.05) is 0 Å². The third kappa shape index (κ3) is 2.74. The molecule has 0 radical (unpaired) electrons. The van der Waals surface area contributed by atoms with Crippen LogP contribution in [0.15, 0.2) is 24.2 Å². The van der Waals surface area contributed by atoms with E-state index in [1.807, 2.05) is 45.9 Å². The van der Waals surface area contributed by atoms with Crippen molar-refractivity contribution < 1.29 is 4.11 Å². The second-order valence-electron chi connectivity index (χ2n) is 4.87. The van der Waals surface area contributed by atoms with E-state index in [4.69, 9.17) is 4.11 Å². The summed E-state index contributed by atoms with van der Waals surface area (Å²) in [6, 6.07) is 6.36. The molecule has 15 heavy (non-hydrogen) atoms. The van der Waals surface area contributed by atoms with Crippen LogP contribution in [-0.2, 0) is 6.37 Å². The molecule has 0 saturated carbocycles. The van der Waals surface area contributed by atoms with Gasteiger partial charge in [-0.3, -0.25) is 0 Å². The summed E-state index contributed by atoms with van der Waals surface area (Å²) in [6.45, 7) is 7.73. The summed E-state index contributed by atoms with van der Waals surface area (Å²) >= 11 is 0.249. The first-order valence-corrected chi connectivity index (χ1v) is 6.86. The van der Waals surface area contributed by atoms with E-state index in [2.05, 4.69) is 0 Å². The zero-order valence-electron chi connectivity index (χ0n) is 12.6. The van der Waals surface area contributed by atoms with Crippen LogP contribution < -0.4 is 0 Å². The Bertz CT molecular complexity index is 591. The third-order valence-electron chi connectivity index (χ3n) is 2.07. The maximum absolute atomic E-state index is 8.29. The van der Waals surface area contributed by atoms with Crippen molar-refractivity contribution in [1.29, 1.82) is 0 Å². The van der Waals surface area contributed by atoms with Gasteiger partial charge in [0.05, 0.1) is 0 Å². The fourth-order valence-corrected chi connectivity index (χ4v) is 3.38. The summed E-state index contributed by atoms with van der Waals surface area (Å²) in [4.78, 5) is 0. The van der Waals surface area contributed by atoms with E-state index in [9.17, 15) is 0 Å². The van der Waals surface area contributed by atoms with Gasteiger partial charge in [0, 0.05) is 0 Å². The number of aryl methyl sites for hydroxylation is 1. The first-order chi connectivity index (χ1) is 8.14. The molecule has 0 aliphatic carbocycles. The van der Waals surface area contributed by atoms with Crippen molar-refractivity contribution >= 4 is 24.1 Å². The van der Waals surface area contributed by atoms with E-state index in [0.29, 0.717) is 11.6 Å². The Morgan fingerprint density at radius 2 is 2.13 bits per heavy atom. The van der Waals surface area contributed by atoms with E-state index in [1.54, 1.807) is 0 Å². The van der Waals surface area contributed by atoms with E-state index in [0.717, 1.165) is 9.82 Å². The summed E-state index contributed by atoms with van der Waals surface area (Å²) < 4.78 is 27.0. The van der Waals surface area contributed by atoms with Gasteiger partial charge in [0.2, 0.25) is 0 Å². The van der Waals surface area contributed by atoms with E-state index < -0.39 is 11.8 Å². The van der Waals surface area contributed by atoms with Crippen LogP contribution in [0.1, 0.15) is 34.9 Å². The predicted octanol–water partition coefficient (Wildman–Crippen LogP) is 3.79. The summed E-state index contributed by atoms with van der Waals surface area (Å²) in [5.74, 6) is 0. The number of hydrogen-bond donors (Lipinski definition) is 0. The van der Waals surface area contributed by atoms with Crippen LogP contribution >= 0.6 is 0 Å². The van der Waals surface area contributed by atoms with Crippen molar-refractivity contribution in [2.24, 2.45) is 5.41 Å². The molecular weight excluding hydrogens is 247 g/mol. The van der Waals surface area contributed by atoms with Crippen LogP contribution in [0.2, 0.25) is 0 Å². The average molecular weight is 268 g/mol. The van der Waals surface area contributed by atoms with Crippen molar-refractivity contribution in [3.8, 4) is 0 Å². The molecular formula is C14H18Se. The molecule has 1 aromatic carbocycles. The van der Waals surface area contributed by atoms with Crippen LogP contribution in [0.25, 0.3) is 9.65 Å². The van der Waals surface area contributed by atoms with Crippen LogP contribution in [0.3, 0.4) is 0 Å². The quantitative estimate of drug-likeness (QED) is 0.690. The molecule has 2 rings (SSSR count). The Balaban J connectivity index is 2.64. The molecule has 1 heteroatoms. The van der Waals surface area contributed by atoms with Gasteiger partial charge in [-0.1, -0.05) is 0 Å². The van der Waals surface area contributed by atoms with Crippen molar-refractivity contribution in [1.82, 2.24) is 0 Å². The molecule has 0 aliphatic heterocycles. The average Bonchev–Trinajstić information content (AvgIpc) is 2.53. The second kappa shape index (κ2) is 3.81. The standard InChI is InChI=1S/C14H18Se/c1-10-7-12-8-11(9-14(2,3)4)5-6-13(12)15-10/h5-8H,9H2,1-4H3/i7D,9D2. The molecule has 0 bridgehead atoms. The molecule has 0 aliphatic rings. The fraction of sp³-hybridized carbons (Fsp3) is 0.429. The summed E-state index contributed by atoms with van der Waals surface area (Å²) in [7, 11) is 0. The Morgan fingerprint density at radius 1 is 1.40 bits per heavy atom. The minimum atomic E-state index is -1.38. The van der Waals surface area contributed by atoms with E-state index >= 15 is 0 Å². The van der Waals surface area contributed by atoms with Crippen molar-refractivity contribution in [3.63, 3.8) is 0 Å². The summed E-state index contributed by atoms with van der Waals surface area (Å²) in [6.07, 6.45) is -1.38. The van der Waals surface area contributed by atoms with Crippen molar-refractivity contribution in [2.45, 2.75) is 34.1 Å². The van der Waals surface area contributed by atoms with Gasteiger partial charge in [-0.25, -0.2) is 0 Å². The molecule has 2 aromatic rings. The van der Waals surface area contributed by atoms with Gasteiger partial charge in [-0.2, -0.15) is 0 Å². The van der Waals surface area contributed by atoms with Gasteiger partial charge in [-0.15, -0.1) is 0 Å². The first kappa shape index (κ1) is 7.70. The SMILES string of the molecule is [2H]c1c(C)[se]c2ccc(C([2H])([2H])C(C)(C)C)cc12. The normalized spacial score (nSPS) is 16.1. The van der Waals surface area contributed by atoms with Crippen molar-refractivity contribution in [3.05, 3.63) is 34.2 Å². The fourth-order valence-electron chi connectivity index (χ4n) is 1.61. The number of benzene rings is 1. The monoisotopic (exact) mass is 269 g/mol. The van der Waals surface area contributed by atoms with Crippen LogP contribution in [-0.4, -0.2) is 14.5 Å². The molecule has 1 heterocycles. The topological polar surface area (TPSA) is 0 Å². The van der Waals surface area contributed by atoms with Gasteiger partial charge >= 0.3 is 102 Å². The minimum absolute atomic E-state index is 0.249.